The van der Waals surface area contributed by atoms with Gasteiger partial charge < -0.3 is 15.2 Å². The number of rotatable bonds is 5. The molecule has 6 nitrogen and oxygen atoms in total. The van der Waals surface area contributed by atoms with E-state index in [1.807, 2.05) is 78.9 Å². The van der Waals surface area contributed by atoms with Crippen LogP contribution >= 0.6 is 11.6 Å². The van der Waals surface area contributed by atoms with Crippen molar-refractivity contribution in [2.24, 2.45) is 5.73 Å². The van der Waals surface area contributed by atoms with Gasteiger partial charge in [0.2, 0.25) is 11.8 Å². The maximum absolute atomic E-state index is 10.00. The topological polar surface area (TPSA) is 97.0 Å². The summed E-state index contributed by atoms with van der Waals surface area (Å²) in [5.74, 6) is 0.476. The lowest BCUT2D eigenvalue weighted by Crippen LogP contribution is -2.21. The normalized spacial score (nSPS) is 14.8. The quantitative estimate of drug-likeness (QED) is 0.413. The number of hydrogen-bond donors (Lipinski definition) is 2. The second kappa shape index (κ2) is 8.73. The Labute approximate surface area is 195 Å². The maximum atomic E-state index is 10.00. The number of aromatic amines is 1. The van der Waals surface area contributed by atoms with Crippen molar-refractivity contribution < 1.29 is 9.47 Å². The summed E-state index contributed by atoms with van der Waals surface area (Å²) in [6.07, 6.45) is 0. The zero-order valence-electron chi connectivity index (χ0n) is 17.5. The van der Waals surface area contributed by atoms with Crippen molar-refractivity contribution in [2.75, 3.05) is 0 Å². The fourth-order valence-electron chi connectivity index (χ4n) is 4.00. The van der Waals surface area contributed by atoms with E-state index < -0.39 is 5.92 Å². The van der Waals surface area contributed by atoms with Crippen LogP contribution in [0.1, 0.15) is 22.6 Å². The monoisotopic (exact) mass is 454 g/mol. The Kier molecular flexibility index (Phi) is 5.47. The first-order valence-electron chi connectivity index (χ1n) is 10.3. The number of para-hydroxylation sites is 1. The van der Waals surface area contributed by atoms with E-state index in [1.165, 1.54) is 0 Å². The molecule has 0 unspecified atom stereocenters. The molecule has 3 aromatic carbocycles. The van der Waals surface area contributed by atoms with Crippen molar-refractivity contribution in [3.63, 3.8) is 0 Å². The van der Waals surface area contributed by atoms with E-state index in [0.29, 0.717) is 22.2 Å². The molecule has 5 rings (SSSR count). The molecular formula is C26H19ClN4O2. The van der Waals surface area contributed by atoms with E-state index >= 15 is 0 Å². The van der Waals surface area contributed by atoms with Crippen molar-refractivity contribution in [1.29, 1.82) is 5.26 Å². The molecule has 1 atom stereocenters. The van der Waals surface area contributed by atoms with Crippen LogP contribution in [0.3, 0.4) is 0 Å². The molecule has 0 fully saturated rings. The van der Waals surface area contributed by atoms with Crippen LogP contribution in [0.2, 0.25) is 5.02 Å². The van der Waals surface area contributed by atoms with Gasteiger partial charge in [0.25, 0.3) is 0 Å². The molecule has 0 amide bonds. The number of benzene rings is 3. The van der Waals surface area contributed by atoms with Gasteiger partial charge in [-0.15, -0.1) is 5.10 Å². The maximum Gasteiger partial charge on any atom is 0.244 e. The number of ether oxygens (including phenoxy) is 2. The molecular weight excluding hydrogens is 436 g/mol. The Balaban J connectivity index is 1.62. The number of nitriles is 1. The third-order valence-electron chi connectivity index (χ3n) is 5.57. The molecule has 0 radical (unpaired) electrons. The summed E-state index contributed by atoms with van der Waals surface area (Å²) in [5.41, 5.74) is 10.5. The van der Waals surface area contributed by atoms with Gasteiger partial charge >= 0.3 is 0 Å². The number of H-pyrrole nitrogens is 1. The molecule has 1 aliphatic rings. The highest BCUT2D eigenvalue weighted by molar-refractivity contribution is 6.31. The lowest BCUT2D eigenvalue weighted by molar-refractivity contribution is 0.301. The van der Waals surface area contributed by atoms with Crippen LogP contribution in [0.5, 0.6) is 11.6 Å². The highest BCUT2D eigenvalue weighted by atomic mass is 35.5. The van der Waals surface area contributed by atoms with Crippen molar-refractivity contribution >= 4 is 11.6 Å². The first kappa shape index (κ1) is 20.7. The van der Waals surface area contributed by atoms with Crippen LogP contribution < -0.4 is 15.2 Å². The molecule has 33 heavy (non-hydrogen) atoms. The fourth-order valence-corrected chi connectivity index (χ4v) is 4.19. The van der Waals surface area contributed by atoms with Crippen molar-refractivity contribution in [3.8, 4) is 29.0 Å². The zero-order chi connectivity index (χ0) is 22.8. The molecule has 0 bridgehead atoms. The summed E-state index contributed by atoms with van der Waals surface area (Å²) in [6, 6.07) is 27.1. The van der Waals surface area contributed by atoms with Crippen LogP contribution in [-0.4, -0.2) is 10.2 Å². The Hall–Kier alpha value is -4.21. The van der Waals surface area contributed by atoms with E-state index in [-0.39, 0.29) is 12.5 Å². The van der Waals surface area contributed by atoms with E-state index in [2.05, 4.69) is 16.3 Å². The van der Waals surface area contributed by atoms with Crippen LogP contribution in [0.4, 0.5) is 0 Å². The Morgan fingerprint density at radius 2 is 1.76 bits per heavy atom. The molecule has 1 aliphatic heterocycles. The van der Waals surface area contributed by atoms with Crippen molar-refractivity contribution in [2.45, 2.75) is 12.5 Å². The van der Waals surface area contributed by atoms with Gasteiger partial charge in [-0.3, -0.25) is 5.10 Å². The van der Waals surface area contributed by atoms with Crippen LogP contribution in [-0.2, 0) is 6.61 Å². The summed E-state index contributed by atoms with van der Waals surface area (Å²) in [6.45, 7) is 0.283. The first-order valence-corrected chi connectivity index (χ1v) is 10.7. The highest BCUT2D eigenvalue weighted by Gasteiger charge is 2.37. The molecule has 2 heterocycles. The van der Waals surface area contributed by atoms with Gasteiger partial charge in [-0.05, 0) is 17.7 Å². The van der Waals surface area contributed by atoms with E-state index in [9.17, 15) is 5.26 Å². The summed E-state index contributed by atoms with van der Waals surface area (Å²) in [4.78, 5) is 0. The Morgan fingerprint density at radius 3 is 2.55 bits per heavy atom. The molecule has 7 heteroatoms. The predicted molar refractivity (Wildman–Crippen MR) is 126 cm³/mol. The zero-order valence-corrected chi connectivity index (χ0v) is 18.2. The summed E-state index contributed by atoms with van der Waals surface area (Å²) in [7, 11) is 0. The molecule has 0 saturated heterocycles. The molecule has 4 aromatic rings. The van der Waals surface area contributed by atoms with Gasteiger partial charge in [0.15, 0.2) is 0 Å². The van der Waals surface area contributed by atoms with Crippen molar-refractivity contribution in [3.05, 3.63) is 112 Å². The van der Waals surface area contributed by atoms with E-state index in [0.717, 1.165) is 27.9 Å². The first-order chi connectivity index (χ1) is 16.2. The molecule has 0 aliphatic carbocycles. The second-order valence-corrected chi connectivity index (χ2v) is 7.93. The predicted octanol–water partition coefficient (Wildman–Crippen LogP) is 5.53. The number of nitrogens with two attached hydrogens (primary N) is 1. The van der Waals surface area contributed by atoms with Gasteiger partial charge in [0.1, 0.15) is 24.0 Å². The standard InChI is InChI=1S/C26H19ClN4O2/c27-20-12-6-4-10-17(20)15-32-21-13-7-5-11-18(21)22-19(14-28)25(29)33-26-23(22)24(30-31-26)16-8-2-1-3-9-16/h1-13,22H,15,29H2,(H,30,31)/t22-/m1/s1. The number of halogens is 1. The molecule has 0 saturated carbocycles. The Bertz CT molecular complexity index is 1390. The molecule has 3 N–H and O–H groups in total. The van der Waals surface area contributed by atoms with E-state index in [1.54, 1.807) is 0 Å². The minimum atomic E-state index is -0.518. The third-order valence-corrected chi connectivity index (χ3v) is 5.94. The smallest absolute Gasteiger partial charge is 0.244 e. The second-order valence-electron chi connectivity index (χ2n) is 7.53. The summed E-state index contributed by atoms with van der Waals surface area (Å²) < 4.78 is 11.9. The summed E-state index contributed by atoms with van der Waals surface area (Å²) >= 11 is 6.31. The number of fused-ring (bicyclic) bond motifs is 1. The molecule has 0 spiro atoms. The fraction of sp³-hybridized carbons (Fsp3) is 0.0769. The summed E-state index contributed by atoms with van der Waals surface area (Å²) in [5, 5.41) is 18.0. The van der Waals surface area contributed by atoms with Gasteiger partial charge in [0.05, 0.1) is 17.2 Å². The Morgan fingerprint density at radius 1 is 1.03 bits per heavy atom. The minimum absolute atomic E-state index is 0.0296. The van der Waals surface area contributed by atoms with Gasteiger partial charge in [-0.1, -0.05) is 78.3 Å². The molecule has 1 aromatic heterocycles. The van der Waals surface area contributed by atoms with E-state index in [4.69, 9.17) is 26.8 Å². The van der Waals surface area contributed by atoms with Gasteiger partial charge in [-0.25, -0.2) is 0 Å². The highest BCUT2D eigenvalue weighted by Crippen LogP contribution is 2.47. The van der Waals surface area contributed by atoms with Crippen LogP contribution in [0.15, 0.2) is 90.3 Å². The van der Waals surface area contributed by atoms with Gasteiger partial charge in [0, 0.05) is 16.1 Å². The average Bonchev–Trinajstić information content (AvgIpc) is 3.27. The van der Waals surface area contributed by atoms with Gasteiger partial charge in [-0.2, -0.15) is 5.26 Å². The lowest BCUT2D eigenvalue weighted by Gasteiger charge is -2.25. The minimum Gasteiger partial charge on any atom is -0.489 e. The lowest BCUT2D eigenvalue weighted by atomic mass is 9.82. The largest absolute Gasteiger partial charge is 0.489 e. The number of allylic oxidation sites excluding steroid dienone is 1. The van der Waals surface area contributed by atoms with Crippen LogP contribution in [0, 0.1) is 11.3 Å². The van der Waals surface area contributed by atoms with Crippen molar-refractivity contribution in [1.82, 2.24) is 10.2 Å². The SMILES string of the molecule is N#CC1=C(N)Oc2n[nH]c(-c3ccccc3)c2[C@@H]1c1ccccc1OCc1ccccc1Cl. The average molecular weight is 455 g/mol. The number of nitrogens with one attached hydrogen (secondary N) is 1. The number of hydrogen-bond acceptors (Lipinski definition) is 5. The number of nitrogens with zero attached hydrogens (tertiary/aromatic N) is 2. The molecule has 162 valence electrons. The van der Waals surface area contributed by atoms with Crippen LogP contribution in [0.25, 0.3) is 11.3 Å². The third kappa shape index (κ3) is 3.79. The number of aromatic nitrogens is 2.